The molecule has 1 aromatic heterocycles. The van der Waals surface area contributed by atoms with Crippen LogP contribution in [0.25, 0.3) is 0 Å². The van der Waals surface area contributed by atoms with Crippen molar-refractivity contribution in [2.45, 2.75) is 33.1 Å². The third-order valence-corrected chi connectivity index (χ3v) is 4.61. The molecule has 0 saturated carbocycles. The summed E-state index contributed by atoms with van der Waals surface area (Å²) in [7, 11) is 0. The van der Waals surface area contributed by atoms with Crippen molar-refractivity contribution in [3.63, 3.8) is 0 Å². The smallest absolute Gasteiger partial charge is 0.409 e. The zero-order chi connectivity index (χ0) is 20.4. The number of rotatable bonds is 8. The number of piperazine rings is 1. The molecule has 9 heteroatoms. The van der Waals surface area contributed by atoms with Crippen molar-refractivity contribution < 1.29 is 19.1 Å². The predicted molar refractivity (Wildman–Crippen MR) is 103 cm³/mol. The van der Waals surface area contributed by atoms with Crippen LogP contribution in [0, 0.1) is 0 Å². The van der Waals surface area contributed by atoms with Gasteiger partial charge in [-0.1, -0.05) is 13.3 Å². The summed E-state index contributed by atoms with van der Waals surface area (Å²) in [5.41, 5.74) is 0.286. The van der Waals surface area contributed by atoms with Crippen LogP contribution in [-0.2, 0) is 9.53 Å². The molecule has 0 bridgehead atoms. The van der Waals surface area contributed by atoms with Crippen molar-refractivity contribution in [2.24, 2.45) is 0 Å². The number of unbranched alkanes of at least 4 members (excludes halogenated alkanes) is 1. The maximum absolute atomic E-state index is 12.7. The number of amides is 3. The molecule has 1 aromatic rings. The summed E-state index contributed by atoms with van der Waals surface area (Å²) < 4.78 is 4.99. The fourth-order valence-corrected chi connectivity index (χ4v) is 2.98. The fraction of sp³-hybridized carbons (Fsp3) is 0.632. The average Bonchev–Trinajstić information content (AvgIpc) is 2.74. The lowest BCUT2D eigenvalue weighted by Crippen LogP contribution is -2.51. The SMILES string of the molecule is CCCCN(CCC(=O)N1CCN(C(=O)OCC)CC1)C(=O)c1cnccn1. The van der Waals surface area contributed by atoms with E-state index in [0.717, 1.165) is 12.8 Å². The Hall–Kier alpha value is -2.71. The first-order valence-electron chi connectivity index (χ1n) is 9.81. The summed E-state index contributed by atoms with van der Waals surface area (Å²) >= 11 is 0. The Bertz CT molecular complexity index is 647. The van der Waals surface area contributed by atoms with E-state index in [0.29, 0.717) is 45.9 Å². The van der Waals surface area contributed by atoms with E-state index in [9.17, 15) is 14.4 Å². The van der Waals surface area contributed by atoms with Crippen molar-refractivity contribution in [3.8, 4) is 0 Å². The maximum Gasteiger partial charge on any atom is 0.409 e. The van der Waals surface area contributed by atoms with Gasteiger partial charge in [-0.2, -0.15) is 0 Å². The van der Waals surface area contributed by atoms with E-state index < -0.39 is 0 Å². The summed E-state index contributed by atoms with van der Waals surface area (Å²) in [5.74, 6) is -0.224. The monoisotopic (exact) mass is 391 g/mol. The van der Waals surface area contributed by atoms with Crippen LogP contribution in [0.4, 0.5) is 4.79 Å². The number of ether oxygens (including phenoxy) is 1. The first-order valence-corrected chi connectivity index (χ1v) is 9.81. The quantitative estimate of drug-likeness (QED) is 0.665. The Morgan fingerprint density at radius 3 is 2.39 bits per heavy atom. The molecular weight excluding hydrogens is 362 g/mol. The fourth-order valence-electron chi connectivity index (χ4n) is 2.98. The van der Waals surface area contributed by atoms with E-state index in [1.54, 1.807) is 21.6 Å². The topological polar surface area (TPSA) is 95.9 Å². The van der Waals surface area contributed by atoms with E-state index in [2.05, 4.69) is 16.9 Å². The molecule has 1 saturated heterocycles. The molecule has 28 heavy (non-hydrogen) atoms. The van der Waals surface area contributed by atoms with Crippen LogP contribution in [0.2, 0.25) is 0 Å². The minimum absolute atomic E-state index is 0.0167. The molecule has 0 aromatic carbocycles. The molecule has 0 spiro atoms. The first-order chi connectivity index (χ1) is 13.6. The highest BCUT2D eigenvalue weighted by Gasteiger charge is 2.25. The second-order valence-electron chi connectivity index (χ2n) is 6.55. The molecule has 154 valence electrons. The van der Waals surface area contributed by atoms with Gasteiger partial charge in [0, 0.05) is 58.1 Å². The number of carbonyl (C=O) groups excluding carboxylic acids is 3. The van der Waals surface area contributed by atoms with Crippen molar-refractivity contribution in [3.05, 3.63) is 24.3 Å². The highest BCUT2D eigenvalue weighted by Crippen LogP contribution is 2.08. The van der Waals surface area contributed by atoms with Gasteiger partial charge in [-0.15, -0.1) is 0 Å². The van der Waals surface area contributed by atoms with E-state index in [1.807, 2.05) is 0 Å². The van der Waals surface area contributed by atoms with Crippen LogP contribution < -0.4 is 0 Å². The third kappa shape index (κ3) is 6.17. The molecule has 0 atom stereocenters. The van der Waals surface area contributed by atoms with E-state index in [1.165, 1.54) is 18.6 Å². The number of hydrogen-bond acceptors (Lipinski definition) is 6. The lowest BCUT2D eigenvalue weighted by Gasteiger charge is -2.34. The van der Waals surface area contributed by atoms with Gasteiger partial charge in [0.25, 0.3) is 5.91 Å². The van der Waals surface area contributed by atoms with Gasteiger partial charge in [-0.25, -0.2) is 9.78 Å². The lowest BCUT2D eigenvalue weighted by atomic mass is 10.2. The highest BCUT2D eigenvalue weighted by molar-refractivity contribution is 5.92. The molecule has 2 heterocycles. The minimum Gasteiger partial charge on any atom is -0.450 e. The van der Waals surface area contributed by atoms with Crippen LogP contribution in [-0.4, -0.2) is 88.5 Å². The summed E-state index contributed by atoms with van der Waals surface area (Å²) in [4.78, 5) is 50.0. The molecule has 0 N–H and O–H groups in total. The van der Waals surface area contributed by atoms with Crippen LogP contribution >= 0.6 is 0 Å². The Morgan fingerprint density at radius 2 is 1.79 bits per heavy atom. The number of aromatic nitrogens is 2. The molecule has 0 unspecified atom stereocenters. The zero-order valence-corrected chi connectivity index (χ0v) is 16.7. The van der Waals surface area contributed by atoms with Crippen LogP contribution in [0.5, 0.6) is 0 Å². The molecule has 2 rings (SSSR count). The lowest BCUT2D eigenvalue weighted by molar-refractivity contribution is -0.133. The van der Waals surface area contributed by atoms with Crippen molar-refractivity contribution in [1.29, 1.82) is 0 Å². The Kier molecular flexibility index (Phi) is 8.64. The largest absolute Gasteiger partial charge is 0.450 e. The third-order valence-electron chi connectivity index (χ3n) is 4.61. The Morgan fingerprint density at radius 1 is 1.07 bits per heavy atom. The van der Waals surface area contributed by atoms with Crippen LogP contribution in [0.15, 0.2) is 18.6 Å². The van der Waals surface area contributed by atoms with Gasteiger partial charge >= 0.3 is 6.09 Å². The molecule has 3 amide bonds. The van der Waals surface area contributed by atoms with E-state index >= 15 is 0 Å². The van der Waals surface area contributed by atoms with Crippen LogP contribution in [0.1, 0.15) is 43.6 Å². The predicted octanol–water partition coefficient (Wildman–Crippen LogP) is 1.41. The number of nitrogens with zero attached hydrogens (tertiary/aromatic N) is 5. The summed E-state index contributed by atoms with van der Waals surface area (Å²) in [5, 5.41) is 0. The number of carbonyl (C=O) groups is 3. The Balaban J connectivity index is 1.86. The average molecular weight is 391 g/mol. The standard InChI is InChI=1S/C19H29N5O4/c1-3-5-9-23(18(26)16-15-20-7-8-21-16)10-6-17(25)22-11-13-24(14-12-22)19(27)28-4-2/h7-8,15H,3-6,9-14H2,1-2H3. The Labute approximate surface area is 165 Å². The van der Waals surface area contributed by atoms with Gasteiger partial charge < -0.3 is 19.4 Å². The highest BCUT2D eigenvalue weighted by atomic mass is 16.6. The van der Waals surface area contributed by atoms with Crippen molar-refractivity contribution >= 4 is 17.9 Å². The normalized spacial score (nSPS) is 13.9. The summed E-state index contributed by atoms with van der Waals surface area (Å²) in [6.45, 7) is 6.96. The molecule has 0 radical (unpaired) electrons. The van der Waals surface area contributed by atoms with Gasteiger partial charge in [-0.3, -0.25) is 14.6 Å². The maximum atomic E-state index is 12.7. The van der Waals surface area contributed by atoms with E-state index in [-0.39, 0.29) is 30.0 Å². The van der Waals surface area contributed by atoms with Gasteiger partial charge in [0.15, 0.2) is 0 Å². The molecule has 0 aliphatic carbocycles. The first kappa shape index (κ1) is 21.6. The summed E-state index contributed by atoms with van der Waals surface area (Å²) in [6, 6.07) is 0. The second kappa shape index (κ2) is 11.2. The van der Waals surface area contributed by atoms with Crippen LogP contribution in [0.3, 0.4) is 0 Å². The molecule has 1 aliphatic rings. The van der Waals surface area contributed by atoms with Gasteiger partial charge in [0.2, 0.25) is 5.91 Å². The molecule has 1 aliphatic heterocycles. The van der Waals surface area contributed by atoms with Crippen molar-refractivity contribution in [2.75, 3.05) is 45.9 Å². The molecule has 9 nitrogen and oxygen atoms in total. The van der Waals surface area contributed by atoms with Crippen molar-refractivity contribution in [1.82, 2.24) is 24.7 Å². The van der Waals surface area contributed by atoms with E-state index in [4.69, 9.17) is 4.74 Å². The van der Waals surface area contributed by atoms with Gasteiger partial charge in [-0.05, 0) is 13.3 Å². The van der Waals surface area contributed by atoms with Gasteiger partial charge in [0.05, 0.1) is 12.8 Å². The van der Waals surface area contributed by atoms with Gasteiger partial charge in [0.1, 0.15) is 5.69 Å². The number of hydrogen-bond donors (Lipinski definition) is 0. The molecule has 1 fully saturated rings. The molecular formula is C19H29N5O4. The second-order valence-corrected chi connectivity index (χ2v) is 6.55. The minimum atomic E-state index is -0.338. The zero-order valence-electron chi connectivity index (χ0n) is 16.7. The summed E-state index contributed by atoms with van der Waals surface area (Å²) in [6.07, 6.45) is 6.17.